The summed E-state index contributed by atoms with van der Waals surface area (Å²) in [6, 6.07) is 13.3. The third-order valence-corrected chi connectivity index (χ3v) is 7.50. The van der Waals surface area contributed by atoms with E-state index in [0.717, 1.165) is 10.9 Å². The fraction of sp³-hybridized carbons (Fsp3) is 0.240. The van der Waals surface area contributed by atoms with Gasteiger partial charge in [0.25, 0.3) is 5.91 Å². The number of carbonyl (C=O) groups excluding carboxylic acids is 2. The van der Waals surface area contributed by atoms with Gasteiger partial charge < -0.3 is 24.8 Å². The first kappa shape index (κ1) is 25.9. The Morgan fingerprint density at radius 1 is 1.08 bits per heavy atom. The van der Waals surface area contributed by atoms with Crippen LogP contribution >= 0.6 is 23.1 Å². The Kier molecular flexibility index (Phi) is 7.47. The Bertz CT molecular complexity index is 1430. The van der Waals surface area contributed by atoms with Gasteiger partial charge in [0.05, 0.1) is 0 Å². The molecule has 1 aliphatic rings. The van der Waals surface area contributed by atoms with Crippen LogP contribution in [0.15, 0.2) is 65.0 Å². The second-order valence-corrected chi connectivity index (χ2v) is 10.4. The number of ether oxygens (including phenoxy) is 1. The Morgan fingerprint density at radius 3 is 2.58 bits per heavy atom. The minimum atomic E-state index is -4.35. The lowest BCUT2D eigenvalue weighted by atomic mass is 10.2. The molecule has 2 aromatic carbocycles. The average molecular weight is 562 g/mol. The summed E-state index contributed by atoms with van der Waals surface area (Å²) in [4.78, 5) is 36.4. The minimum Gasteiger partial charge on any atom is -0.445 e. The number of aromatic amines is 1. The Balaban J connectivity index is 1.09. The third kappa shape index (κ3) is 6.40. The molecule has 198 valence electrons. The van der Waals surface area contributed by atoms with Crippen molar-refractivity contribution in [2.24, 2.45) is 0 Å². The maximum Gasteiger partial charge on any atom is 0.446 e. The highest BCUT2D eigenvalue weighted by Gasteiger charge is 2.29. The number of anilines is 2. The molecule has 2 aromatic heterocycles. The van der Waals surface area contributed by atoms with Crippen LogP contribution in [0.4, 0.5) is 28.8 Å². The van der Waals surface area contributed by atoms with Crippen molar-refractivity contribution in [3.05, 3.63) is 71.4 Å². The molecule has 2 N–H and O–H groups in total. The van der Waals surface area contributed by atoms with Crippen molar-refractivity contribution in [3.63, 3.8) is 0 Å². The fourth-order valence-electron chi connectivity index (χ4n) is 3.94. The van der Waals surface area contributed by atoms with Gasteiger partial charge in [-0.1, -0.05) is 12.1 Å². The van der Waals surface area contributed by atoms with Gasteiger partial charge in [-0.15, -0.1) is 11.3 Å². The molecule has 2 amide bonds. The highest BCUT2D eigenvalue weighted by Crippen LogP contribution is 2.36. The number of H-pyrrole nitrogens is 1. The van der Waals surface area contributed by atoms with Crippen molar-refractivity contribution in [1.29, 1.82) is 0 Å². The number of nitrogens with zero attached hydrogens (tertiary/aromatic N) is 3. The number of alkyl halides is 3. The van der Waals surface area contributed by atoms with E-state index < -0.39 is 11.6 Å². The minimum absolute atomic E-state index is 0.0298. The summed E-state index contributed by atoms with van der Waals surface area (Å²) in [5.74, 6) is -0.297. The van der Waals surface area contributed by atoms with E-state index in [0.29, 0.717) is 48.3 Å². The number of hydrogen-bond donors (Lipinski definition) is 2. The van der Waals surface area contributed by atoms with Gasteiger partial charge >= 0.3 is 11.6 Å². The van der Waals surface area contributed by atoms with E-state index in [9.17, 15) is 22.8 Å². The normalized spacial score (nSPS) is 14.1. The molecule has 0 unspecified atom stereocenters. The van der Waals surface area contributed by atoms with Crippen LogP contribution in [-0.4, -0.2) is 58.6 Å². The second-order valence-electron chi connectivity index (χ2n) is 8.47. The predicted molar refractivity (Wildman–Crippen MR) is 141 cm³/mol. The zero-order chi connectivity index (χ0) is 26.7. The number of nitrogens with one attached hydrogen (secondary N) is 2. The van der Waals surface area contributed by atoms with Gasteiger partial charge in [0, 0.05) is 59.2 Å². The quantitative estimate of drug-likeness (QED) is 0.283. The molecule has 0 bridgehead atoms. The molecule has 13 heteroatoms. The molecule has 8 nitrogen and oxygen atoms in total. The smallest absolute Gasteiger partial charge is 0.445 e. The number of aromatic nitrogens is 2. The Hall–Kier alpha value is -3.71. The molecule has 0 aliphatic carbocycles. The first-order valence-electron chi connectivity index (χ1n) is 11.6. The van der Waals surface area contributed by atoms with Gasteiger partial charge in [-0.25, -0.2) is 9.78 Å². The molecule has 3 heterocycles. The lowest BCUT2D eigenvalue weighted by Crippen LogP contribution is -2.48. The zero-order valence-corrected chi connectivity index (χ0v) is 21.5. The first-order chi connectivity index (χ1) is 18.2. The van der Waals surface area contributed by atoms with Gasteiger partial charge in [0.15, 0.2) is 5.13 Å². The van der Waals surface area contributed by atoms with Crippen molar-refractivity contribution in [2.75, 3.05) is 36.4 Å². The summed E-state index contributed by atoms with van der Waals surface area (Å²) < 4.78 is 42.7. The molecule has 0 saturated carbocycles. The summed E-state index contributed by atoms with van der Waals surface area (Å²) >= 11 is 1.17. The number of piperazine rings is 1. The second kappa shape index (κ2) is 11.0. The number of benzene rings is 2. The molecule has 1 saturated heterocycles. The molecule has 4 aromatic rings. The van der Waals surface area contributed by atoms with E-state index in [4.69, 9.17) is 4.74 Å². The van der Waals surface area contributed by atoms with Crippen molar-refractivity contribution in [2.45, 2.75) is 17.0 Å². The topological polar surface area (TPSA) is 90.6 Å². The van der Waals surface area contributed by atoms with Crippen LogP contribution in [0.25, 0.3) is 10.9 Å². The van der Waals surface area contributed by atoms with E-state index in [1.54, 1.807) is 10.3 Å². The number of rotatable bonds is 6. The molecule has 1 fully saturated rings. The number of halogens is 3. The van der Waals surface area contributed by atoms with Gasteiger partial charge in [0.2, 0.25) is 0 Å². The molecular weight excluding hydrogens is 539 g/mol. The van der Waals surface area contributed by atoms with Crippen LogP contribution in [0.5, 0.6) is 0 Å². The molecule has 0 radical (unpaired) electrons. The van der Waals surface area contributed by atoms with Crippen LogP contribution in [0.3, 0.4) is 0 Å². The summed E-state index contributed by atoms with van der Waals surface area (Å²) in [7, 11) is 0. The van der Waals surface area contributed by atoms with Gasteiger partial charge in [-0.05, 0) is 53.7 Å². The fourth-order valence-corrected chi connectivity index (χ4v) is 5.34. The largest absolute Gasteiger partial charge is 0.446 e. The van der Waals surface area contributed by atoms with E-state index >= 15 is 0 Å². The molecule has 5 rings (SSSR count). The number of carbonyl (C=O) groups is 2. The van der Waals surface area contributed by atoms with Crippen molar-refractivity contribution in [3.8, 4) is 0 Å². The maximum atomic E-state index is 12.7. The van der Waals surface area contributed by atoms with Gasteiger partial charge in [-0.3, -0.25) is 4.79 Å². The zero-order valence-electron chi connectivity index (χ0n) is 19.8. The van der Waals surface area contributed by atoms with Crippen LogP contribution < -0.4 is 10.2 Å². The number of hydrogen-bond acceptors (Lipinski definition) is 7. The van der Waals surface area contributed by atoms with Crippen LogP contribution in [0.2, 0.25) is 0 Å². The maximum absolute atomic E-state index is 12.7. The third-order valence-electron chi connectivity index (χ3n) is 5.86. The Labute approximate surface area is 223 Å². The number of amides is 2. The van der Waals surface area contributed by atoms with E-state index in [-0.39, 0.29) is 29.2 Å². The Morgan fingerprint density at radius 2 is 1.84 bits per heavy atom. The summed E-state index contributed by atoms with van der Waals surface area (Å²) in [6.45, 7) is 1.85. The molecule has 0 atom stereocenters. The van der Waals surface area contributed by atoms with Crippen molar-refractivity contribution >= 4 is 56.8 Å². The summed E-state index contributed by atoms with van der Waals surface area (Å²) in [5, 5.41) is 6.27. The molecular formula is C25H22F3N5O3S2. The van der Waals surface area contributed by atoms with E-state index in [1.165, 1.54) is 35.6 Å². The monoisotopic (exact) mass is 561 g/mol. The van der Waals surface area contributed by atoms with Crippen molar-refractivity contribution in [1.82, 2.24) is 14.9 Å². The standard InChI is InChI=1S/C25H22F3N5O3S2/c26-25(27,28)38-19-4-1-16(2-5-19)14-36-24(35)33-11-9-32(10-12-33)23-31-21(15-37-23)22(34)30-18-3-6-20-17(13-18)7-8-29-20/h1-8,13,15,29H,9-12,14H2,(H,30,34). The van der Waals surface area contributed by atoms with Crippen LogP contribution in [0.1, 0.15) is 16.1 Å². The van der Waals surface area contributed by atoms with E-state index in [1.807, 2.05) is 35.4 Å². The van der Waals surface area contributed by atoms with Crippen molar-refractivity contribution < 1.29 is 27.5 Å². The highest BCUT2D eigenvalue weighted by atomic mass is 32.2. The summed E-state index contributed by atoms with van der Waals surface area (Å²) in [6.07, 6.45) is 1.35. The van der Waals surface area contributed by atoms with Gasteiger partial charge in [-0.2, -0.15) is 13.2 Å². The predicted octanol–water partition coefficient (Wildman–Crippen LogP) is 5.95. The lowest BCUT2D eigenvalue weighted by Gasteiger charge is -2.33. The first-order valence-corrected chi connectivity index (χ1v) is 13.3. The lowest BCUT2D eigenvalue weighted by molar-refractivity contribution is -0.0328. The molecule has 0 spiro atoms. The highest BCUT2D eigenvalue weighted by molar-refractivity contribution is 8.00. The van der Waals surface area contributed by atoms with Crippen LogP contribution in [0, 0.1) is 0 Å². The SMILES string of the molecule is O=C(Nc1ccc2[nH]ccc2c1)c1csc(N2CCN(C(=O)OCc3ccc(SC(F)(F)F)cc3)CC2)n1. The van der Waals surface area contributed by atoms with E-state index in [2.05, 4.69) is 15.3 Å². The number of thiazole rings is 1. The molecule has 38 heavy (non-hydrogen) atoms. The average Bonchev–Trinajstić information content (AvgIpc) is 3.57. The summed E-state index contributed by atoms with van der Waals surface area (Å²) in [5.41, 5.74) is -1.76. The molecule has 1 aliphatic heterocycles. The van der Waals surface area contributed by atoms with Crippen LogP contribution in [-0.2, 0) is 11.3 Å². The van der Waals surface area contributed by atoms with Gasteiger partial charge in [0.1, 0.15) is 12.3 Å². The number of thioether (sulfide) groups is 1. The number of fused-ring (bicyclic) bond motifs is 1.